The summed E-state index contributed by atoms with van der Waals surface area (Å²) in [6, 6.07) is 16.1. The van der Waals surface area contributed by atoms with Gasteiger partial charge in [0.25, 0.3) is 0 Å². The molecule has 1 aliphatic rings. The number of hydrogen-bond donors (Lipinski definition) is 0. The molecule has 0 spiro atoms. The zero-order valence-corrected chi connectivity index (χ0v) is 16.8. The Bertz CT molecular complexity index is 750. The van der Waals surface area contributed by atoms with Gasteiger partial charge in [-0.15, -0.1) is 11.8 Å². The van der Waals surface area contributed by atoms with Crippen molar-refractivity contribution in [3.05, 3.63) is 59.7 Å². The molecule has 4 nitrogen and oxygen atoms in total. The van der Waals surface area contributed by atoms with E-state index in [2.05, 4.69) is 6.92 Å². The fourth-order valence-electron chi connectivity index (χ4n) is 3.17. The van der Waals surface area contributed by atoms with E-state index in [0.717, 1.165) is 42.0 Å². The topological polar surface area (TPSA) is 38.8 Å². The van der Waals surface area contributed by atoms with Crippen LogP contribution in [0.25, 0.3) is 0 Å². The van der Waals surface area contributed by atoms with E-state index in [4.69, 9.17) is 9.47 Å². The number of hydrogen-bond acceptors (Lipinski definition) is 4. The van der Waals surface area contributed by atoms with E-state index < -0.39 is 0 Å². The maximum atomic E-state index is 12.5. The summed E-state index contributed by atoms with van der Waals surface area (Å²) in [5.74, 6) is 2.64. The van der Waals surface area contributed by atoms with Crippen LogP contribution in [0, 0.1) is 0 Å². The van der Waals surface area contributed by atoms with E-state index in [1.807, 2.05) is 65.2 Å². The van der Waals surface area contributed by atoms with E-state index in [9.17, 15) is 4.79 Å². The third kappa shape index (κ3) is 4.98. The molecule has 0 unspecified atom stereocenters. The van der Waals surface area contributed by atoms with Crippen molar-refractivity contribution in [2.24, 2.45) is 0 Å². The highest BCUT2D eigenvalue weighted by atomic mass is 32.2. The monoisotopic (exact) mass is 385 g/mol. The van der Waals surface area contributed by atoms with Gasteiger partial charge in [-0.2, -0.15) is 0 Å². The second kappa shape index (κ2) is 9.70. The van der Waals surface area contributed by atoms with Gasteiger partial charge in [-0.3, -0.25) is 4.79 Å². The lowest BCUT2D eigenvalue weighted by molar-refractivity contribution is -0.131. The quantitative estimate of drug-likeness (QED) is 0.638. The van der Waals surface area contributed by atoms with Crippen LogP contribution >= 0.6 is 11.8 Å². The molecule has 1 heterocycles. The molecule has 5 heteroatoms. The van der Waals surface area contributed by atoms with Gasteiger partial charge in [0, 0.05) is 18.7 Å². The number of nitrogens with zero attached hydrogens (tertiary/aromatic N) is 1. The minimum absolute atomic E-state index is 0.0615. The first-order chi connectivity index (χ1) is 13.2. The van der Waals surface area contributed by atoms with Gasteiger partial charge in [0.05, 0.1) is 7.11 Å². The fraction of sp³-hybridized carbons (Fsp3) is 0.409. The third-order valence-electron chi connectivity index (χ3n) is 4.67. The van der Waals surface area contributed by atoms with Gasteiger partial charge < -0.3 is 14.4 Å². The second-order valence-electron chi connectivity index (χ2n) is 6.60. The van der Waals surface area contributed by atoms with Crippen LogP contribution < -0.4 is 9.47 Å². The molecule has 0 N–H and O–H groups in total. The van der Waals surface area contributed by atoms with Crippen molar-refractivity contribution in [3.8, 4) is 11.5 Å². The van der Waals surface area contributed by atoms with Crippen molar-refractivity contribution < 1.29 is 14.3 Å². The molecule has 0 radical (unpaired) electrons. The van der Waals surface area contributed by atoms with Crippen LogP contribution in [0.15, 0.2) is 48.5 Å². The number of carbonyl (C=O) groups excluding carboxylic acids is 1. The van der Waals surface area contributed by atoms with Crippen LogP contribution in [0.3, 0.4) is 0 Å². The summed E-state index contributed by atoms with van der Waals surface area (Å²) >= 11 is 1.81. The number of rotatable bonds is 8. The molecule has 0 aromatic heterocycles. The van der Waals surface area contributed by atoms with Crippen LogP contribution in [-0.4, -0.2) is 30.2 Å². The lowest BCUT2D eigenvalue weighted by Crippen LogP contribution is -2.30. The van der Waals surface area contributed by atoms with Crippen LogP contribution in [0.2, 0.25) is 0 Å². The molecule has 27 heavy (non-hydrogen) atoms. The van der Waals surface area contributed by atoms with Crippen molar-refractivity contribution >= 4 is 17.7 Å². The third-order valence-corrected chi connectivity index (χ3v) is 5.93. The van der Waals surface area contributed by atoms with E-state index in [-0.39, 0.29) is 11.3 Å². The molecule has 2 aromatic rings. The average molecular weight is 386 g/mol. The molecule has 1 aliphatic heterocycles. The first-order valence-corrected chi connectivity index (χ1v) is 10.5. The molecule has 0 saturated carbocycles. The van der Waals surface area contributed by atoms with Crippen LogP contribution in [0.4, 0.5) is 0 Å². The molecular formula is C22H27NO3S. The summed E-state index contributed by atoms with van der Waals surface area (Å²) < 4.78 is 11.5. The maximum absolute atomic E-state index is 12.5. The molecule has 3 rings (SSSR count). The van der Waals surface area contributed by atoms with Gasteiger partial charge in [0.15, 0.2) is 11.5 Å². The van der Waals surface area contributed by atoms with Gasteiger partial charge in [0.2, 0.25) is 5.91 Å². The normalized spacial score (nSPS) is 16.4. The fourth-order valence-corrected chi connectivity index (χ4v) is 4.43. The molecule has 1 saturated heterocycles. The molecular weight excluding hydrogens is 358 g/mol. The summed E-state index contributed by atoms with van der Waals surface area (Å²) in [6.07, 6.45) is 2.62. The zero-order valence-electron chi connectivity index (χ0n) is 16.0. The molecule has 144 valence electrons. The lowest BCUT2D eigenvalue weighted by atomic mass is 10.1. The van der Waals surface area contributed by atoms with Gasteiger partial charge in [-0.05, 0) is 29.7 Å². The summed E-state index contributed by atoms with van der Waals surface area (Å²) in [4.78, 5) is 14.5. The van der Waals surface area contributed by atoms with E-state index in [1.54, 1.807) is 7.11 Å². The van der Waals surface area contributed by atoms with E-state index in [0.29, 0.717) is 18.8 Å². The Balaban J connectivity index is 1.72. The number of methoxy groups -OCH3 is 1. The number of carbonyl (C=O) groups is 1. The van der Waals surface area contributed by atoms with Crippen molar-refractivity contribution in [1.29, 1.82) is 0 Å². The molecule has 1 amide bonds. The smallest absolute Gasteiger partial charge is 0.223 e. The minimum Gasteiger partial charge on any atom is -0.493 e. The summed E-state index contributed by atoms with van der Waals surface area (Å²) in [5, 5.41) is 0.0615. The Morgan fingerprint density at radius 2 is 2.00 bits per heavy atom. The van der Waals surface area contributed by atoms with Crippen LogP contribution in [0.5, 0.6) is 11.5 Å². The molecule has 1 atom stereocenters. The Hall–Kier alpha value is -2.14. The average Bonchev–Trinajstić information content (AvgIpc) is 3.21. The predicted molar refractivity (Wildman–Crippen MR) is 110 cm³/mol. The van der Waals surface area contributed by atoms with Gasteiger partial charge in [-0.1, -0.05) is 49.7 Å². The Labute approximate surface area is 165 Å². The standard InChI is InChI=1S/C22H27NO3S/c1-3-4-10-21(24)23-13-14-27-22(23)18-11-12-19(20(15-18)25-2)26-16-17-8-6-5-7-9-17/h5-9,11-12,15,22H,3-4,10,13-14,16H2,1-2H3/t22-/m0/s1. The minimum atomic E-state index is 0.0615. The maximum Gasteiger partial charge on any atom is 0.223 e. The number of amides is 1. The predicted octanol–water partition coefficient (Wildman–Crippen LogP) is 5.04. The molecule has 1 fully saturated rings. The first-order valence-electron chi connectivity index (χ1n) is 9.48. The number of ether oxygens (including phenoxy) is 2. The first kappa shape index (κ1) is 19.6. The van der Waals surface area contributed by atoms with Crippen molar-refractivity contribution in [1.82, 2.24) is 4.90 Å². The largest absolute Gasteiger partial charge is 0.493 e. The summed E-state index contributed by atoms with van der Waals surface area (Å²) in [5.41, 5.74) is 2.20. The van der Waals surface area contributed by atoms with Crippen LogP contribution in [-0.2, 0) is 11.4 Å². The highest BCUT2D eigenvalue weighted by Crippen LogP contribution is 2.41. The van der Waals surface area contributed by atoms with Crippen molar-refractivity contribution in [2.75, 3.05) is 19.4 Å². The summed E-state index contributed by atoms with van der Waals surface area (Å²) in [6.45, 7) is 3.42. The zero-order chi connectivity index (χ0) is 19.1. The van der Waals surface area contributed by atoms with Crippen molar-refractivity contribution in [3.63, 3.8) is 0 Å². The lowest BCUT2D eigenvalue weighted by Gasteiger charge is -2.25. The van der Waals surface area contributed by atoms with Crippen molar-refractivity contribution in [2.45, 2.75) is 38.2 Å². The van der Waals surface area contributed by atoms with Gasteiger partial charge in [0.1, 0.15) is 12.0 Å². The number of thioether (sulfide) groups is 1. The molecule has 0 aliphatic carbocycles. The second-order valence-corrected chi connectivity index (χ2v) is 7.79. The molecule has 0 bridgehead atoms. The van der Waals surface area contributed by atoms with Gasteiger partial charge >= 0.3 is 0 Å². The summed E-state index contributed by atoms with van der Waals surface area (Å²) in [7, 11) is 1.65. The SMILES string of the molecule is CCCCC(=O)N1CCS[C@H]1c1ccc(OCc2ccccc2)c(OC)c1. The van der Waals surface area contributed by atoms with E-state index in [1.165, 1.54) is 0 Å². The Morgan fingerprint density at radius 3 is 2.74 bits per heavy atom. The Kier molecular flexibility index (Phi) is 7.04. The number of unbranched alkanes of at least 4 members (excludes halogenated alkanes) is 1. The number of benzene rings is 2. The van der Waals surface area contributed by atoms with Crippen LogP contribution in [0.1, 0.15) is 42.7 Å². The Morgan fingerprint density at radius 1 is 1.19 bits per heavy atom. The van der Waals surface area contributed by atoms with Gasteiger partial charge in [-0.25, -0.2) is 0 Å². The van der Waals surface area contributed by atoms with E-state index >= 15 is 0 Å². The molecule has 2 aromatic carbocycles. The highest BCUT2D eigenvalue weighted by Gasteiger charge is 2.30. The highest BCUT2D eigenvalue weighted by molar-refractivity contribution is 7.99.